The molecule has 0 atom stereocenters. The van der Waals surface area contributed by atoms with Gasteiger partial charge in [-0.2, -0.15) is 0 Å². The number of aromatic amines is 1. The molecule has 0 radical (unpaired) electrons. The third-order valence-corrected chi connectivity index (χ3v) is 3.45. The molecule has 0 aliphatic heterocycles. The summed E-state index contributed by atoms with van der Waals surface area (Å²) < 4.78 is 11.0. The Morgan fingerprint density at radius 3 is 2.48 bits per heavy atom. The molecular weight excluding hydrogens is 350 g/mol. The van der Waals surface area contributed by atoms with Crippen molar-refractivity contribution in [3.05, 3.63) is 48.3 Å². The molecule has 3 aromatic rings. The lowest BCUT2D eigenvalue weighted by Gasteiger charge is -2.19. The molecule has 1 aromatic carbocycles. The molecule has 0 unspecified atom stereocenters. The molecule has 8 heteroatoms. The van der Waals surface area contributed by atoms with Crippen LogP contribution in [0.4, 0.5) is 10.5 Å². The Morgan fingerprint density at radius 1 is 1.15 bits per heavy atom. The van der Waals surface area contributed by atoms with Crippen molar-refractivity contribution in [1.29, 1.82) is 0 Å². The van der Waals surface area contributed by atoms with E-state index in [1.807, 2.05) is 0 Å². The molecule has 8 nitrogen and oxygen atoms in total. The number of carbonyl (C=O) groups is 2. The normalized spacial score (nSPS) is 11.2. The maximum atomic E-state index is 11.8. The number of aromatic carboxylic acids is 1. The minimum absolute atomic E-state index is 0.0328. The van der Waals surface area contributed by atoms with E-state index in [2.05, 4.69) is 15.3 Å². The fourth-order valence-corrected chi connectivity index (χ4v) is 2.36. The van der Waals surface area contributed by atoms with Crippen molar-refractivity contribution in [1.82, 2.24) is 9.97 Å². The van der Waals surface area contributed by atoms with Gasteiger partial charge < -0.3 is 19.6 Å². The SMILES string of the molecule is CC(C)(C)OC(=O)Nc1ccc(Oc2ccnc3[nH]c(C(=O)O)cc23)cc1. The van der Waals surface area contributed by atoms with Crippen LogP contribution in [0.2, 0.25) is 0 Å². The molecule has 0 saturated heterocycles. The zero-order valence-corrected chi connectivity index (χ0v) is 15.1. The Morgan fingerprint density at radius 2 is 1.85 bits per heavy atom. The van der Waals surface area contributed by atoms with Crippen molar-refractivity contribution in [2.24, 2.45) is 0 Å². The third-order valence-electron chi connectivity index (χ3n) is 3.45. The fraction of sp³-hybridized carbons (Fsp3) is 0.211. The molecule has 3 rings (SSSR count). The van der Waals surface area contributed by atoms with Crippen LogP contribution >= 0.6 is 0 Å². The van der Waals surface area contributed by atoms with Gasteiger partial charge in [-0.3, -0.25) is 5.32 Å². The van der Waals surface area contributed by atoms with Crippen molar-refractivity contribution in [2.75, 3.05) is 5.32 Å². The third kappa shape index (κ3) is 4.55. The van der Waals surface area contributed by atoms with Gasteiger partial charge in [0.1, 0.15) is 28.4 Å². The van der Waals surface area contributed by atoms with Crippen LogP contribution in [0.1, 0.15) is 31.3 Å². The Kier molecular flexibility index (Phi) is 4.72. The molecule has 140 valence electrons. The average Bonchev–Trinajstić information content (AvgIpc) is 3.00. The van der Waals surface area contributed by atoms with Gasteiger partial charge in [0.15, 0.2) is 0 Å². The van der Waals surface area contributed by atoms with Crippen molar-refractivity contribution < 1.29 is 24.2 Å². The second kappa shape index (κ2) is 6.99. The standard InChI is InChI=1S/C19H19N3O5/c1-19(2,3)27-18(25)21-11-4-6-12(7-5-11)26-15-8-9-20-16-13(15)10-14(22-16)17(23)24/h4-10H,1-3H3,(H,20,22)(H,21,25)(H,23,24). The van der Waals surface area contributed by atoms with Crippen LogP contribution in [0, 0.1) is 0 Å². The first-order valence-electron chi connectivity index (χ1n) is 8.20. The minimum atomic E-state index is -1.07. The molecule has 2 aromatic heterocycles. The van der Waals surface area contributed by atoms with E-state index in [1.54, 1.807) is 51.1 Å². The summed E-state index contributed by atoms with van der Waals surface area (Å²) in [6.45, 7) is 5.36. The summed E-state index contributed by atoms with van der Waals surface area (Å²) in [5.41, 5.74) is 0.440. The van der Waals surface area contributed by atoms with E-state index in [0.717, 1.165) is 0 Å². The number of nitrogens with zero attached hydrogens (tertiary/aromatic N) is 1. The molecule has 1 amide bonds. The summed E-state index contributed by atoms with van der Waals surface area (Å²) in [5, 5.41) is 12.3. The van der Waals surface area contributed by atoms with E-state index in [9.17, 15) is 9.59 Å². The summed E-state index contributed by atoms with van der Waals surface area (Å²) >= 11 is 0. The zero-order valence-electron chi connectivity index (χ0n) is 15.1. The topological polar surface area (TPSA) is 114 Å². The summed E-state index contributed by atoms with van der Waals surface area (Å²) in [6, 6.07) is 9.84. The Balaban J connectivity index is 1.74. The van der Waals surface area contributed by atoms with Crippen LogP contribution in [-0.4, -0.2) is 32.7 Å². The van der Waals surface area contributed by atoms with Gasteiger partial charge in [-0.15, -0.1) is 0 Å². The predicted molar refractivity (Wildman–Crippen MR) is 99.4 cm³/mol. The Hall–Kier alpha value is -3.55. The van der Waals surface area contributed by atoms with Crippen LogP contribution < -0.4 is 10.1 Å². The lowest BCUT2D eigenvalue weighted by Crippen LogP contribution is -2.27. The quantitative estimate of drug-likeness (QED) is 0.628. The van der Waals surface area contributed by atoms with Crippen molar-refractivity contribution in [3.8, 4) is 11.5 Å². The summed E-state index contributed by atoms with van der Waals surface area (Å²) in [6.07, 6.45) is 0.985. The van der Waals surface area contributed by atoms with Crippen molar-refractivity contribution in [3.63, 3.8) is 0 Å². The van der Waals surface area contributed by atoms with Crippen molar-refractivity contribution >= 4 is 28.8 Å². The van der Waals surface area contributed by atoms with Gasteiger partial charge in [-0.25, -0.2) is 14.6 Å². The lowest BCUT2D eigenvalue weighted by molar-refractivity contribution is 0.0634. The highest BCUT2D eigenvalue weighted by Crippen LogP contribution is 2.30. The molecule has 0 fully saturated rings. The lowest BCUT2D eigenvalue weighted by atomic mass is 10.2. The van der Waals surface area contributed by atoms with Gasteiger partial charge in [0.2, 0.25) is 0 Å². The zero-order chi connectivity index (χ0) is 19.6. The number of carbonyl (C=O) groups excluding carboxylic acids is 1. The van der Waals surface area contributed by atoms with Gasteiger partial charge in [-0.1, -0.05) is 0 Å². The summed E-state index contributed by atoms with van der Waals surface area (Å²) in [5.74, 6) is -0.0802. The largest absolute Gasteiger partial charge is 0.477 e. The number of nitrogens with one attached hydrogen (secondary N) is 2. The Labute approximate surface area is 155 Å². The molecule has 0 aliphatic rings. The smallest absolute Gasteiger partial charge is 0.412 e. The molecule has 0 aliphatic carbocycles. The highest BCUT2D eigenvalue weighted by Gasteiger charge is 2.16. The number of fused-ring (bicyclic) bond motifs is 1. The first-order chi connectivity index (χ1) is 12.7. The van der Waals surface area contributed by atoms with Crippen molar-refractivity contribution in [2.45, 2.75) is 26.4 Å². The van der Waals surface area contributed by atoms with E-state index in [-0.39, 0.29) is 5.69 Å². The highest BCUT2D eigenvalue weighted by molar-refractivity contribution is 5.94. The van der Waals surface area contributed by atoms with Crippen LogP contribution in [0.25, 0.3) is 11.0 Å². The van der Waals surface area contributed by atoms with Gasteiger partial charge in [0.05, 0.1) is 5.39 Å². The molecule has 27 heavy (non-hydrogen) atoms. The number of aromatic nitrogens is 2. The summed E-state index contributed by atoms with van der Waals surface area (Å²) in [4.78, 5) is 29.7. The number of hydrogen-bond donors (Lipinski definition) is 3. The molecule has 0 spiro atoms. The Bertz CT molecular complexity index is 987. The molecule has 3 N–H and O–H groups in total. The average molecular weight is 369 g/mol. The predicted octanol–water partition coefficient (Wildman–Crippen LogP) is 4.40. The second-order valence-corrected chi connectivity index (χ2v) is 6.81. The van der Waals surface area contributed by atoms with E-state index in [1.165, 1.54) is 12.3 Å². The van der Waals surface area contributed by atoms with Crippen LogP contribution in [0.15, 0.2) is 42.6 Å². The monoisotopic (exact) mass is 369 g/mol. The molecule has 2 heterocycles. The van der Waals surface area contributed by atoms with Gasteiger partial charge in [0, 0.05) is 11.9 Å². The van der Waals surface area contributed by atoms with Crippen LogP contribution in [0.3, 0.4) is 0 Å². The van der Waals surface area contributed by atoms with E-state index < -0.39 is 17.7 Å². The van der Waals surface area contributed by atoms with Gasteiger partial charge >= 0.3 is 12.1 Å². The fourth-order valence-electron chi connectivity index (χ4n) is 2.36. The number of ether oxygens (including phenoxy) is 2. The number of pyridine rings is 1. The van der Waals surface area contributed by atoms with E-state index in [4.69, 9.17) is 14.6 Å². The number of carboxylic acid groups (broad SMARTS) is 1. The number of H-pyrrole nitrogens is 1. The number of benzene rings is 1. The maximum absolute atomic E-state index is 11.8. The highest BCUT2D eigenvalue weighted by atomic mass is 16.6. The van der Waals surface area contributed by atoms with Crippen LogP contribution in [-0.2, 0) is 4.74 Å². The summed E-state index contributed by atoms with van der Waals surface area (Å²) in [7, 11) is 0. The van der Waals surface area contributed by atoms with Gasteiger partial charge in [-0.05, 0) is 57.2 Å². The second-order valence-electron chi connectivity index (χ2n) is 6.81. The minimum Gasteiger partial charge on any atom is -0.477 e. The molecule has 0 saturated carbocycles. The van der Waals surface area contributed by atoms with Gasteiger partial charge in [0.25, 0.3) is 0 Å². The number of anilines is 1. The molecule has 0 bridgehead atoms. The van der Waals surface area contributed by atoms with Crippen LogP contribution in [0.5, 0.6) is 11.5 Å². The first-order valence-corrected chi connectivity index (χ1v) is 8.20. The number of amides is 1. The van der Waals surface area contributed by atoms with E-state index >= 15 is 0 Å². The number of carboxylic acids is 1. The molecular formula is C19H19N3O5. The number of hydrogen-bond acceptors (Lipinski definition) is 5. The van der Waals surface area contributed by atoms with E-state index in [0.29, 0.717) is 28.2 Å². The number of rotatable bonds is 4. The first kappa shape index (κ1) is 18.2. The maximum Gasteiger partial charge on any atom is 0.412 e.